The van der Waals surface area contributed by atoms with Crippen LogP contribution in [-0.4, -0.2) is 35.2 Å². The Kier molecular flexibility index (Phi) is 7.67. The average Bonchev–Trinajstić information content (AvgIpc) is 2.80. The summed E-state index contributed by atoms with van der Waals surface area (Å²) in [5.41, 5.74) is 0.806. The van der Waals surface area contributed by atoms with Crippen LogP contribution in [0.2, 0.25) is 5.02 Å². The molecule has 0 heterocycles. The molecule has 0 spiro atoms. The molecule has 0 saturated carbocycles. The van der Waals surface area contributed by atoms with Gasteiger partial charge in [0.15, 0.2) is 0 Å². The molecule has 0 fully saturated rings. The molecule has 0 aliphatic carbocycles. The highest BCUT2D eigenvalue weighted by molar-refractivity contribution is 7.92. The Morgan fingerprint density at radius 3 is 2.30 bits per heavy atom. The van der Waals surface area contributed by atoms with Gasteiger partial charge in [0.25, 0.3) is 15.9 Å². The highest BCUT2D eigenvalue weighted by atomic mass is 35.5. The first-order valence-corrected chi connectivity index (χ1v) is 11.7. The lowest BCUT2D eigenvalue weighted by atomic mass is 10.2. The molecule has 0 unspecified atom stereocenters. The summed E-state index contributed by atoms with van der Waals surface area (Å²) in [5, 5.41) is 3.01. The third kappa shape index (κ3) is 5.88. The van der Waals surface area contributed by atoms with Gasteiger partial charge in [-0.1, -0.05) is 17.7 Å². The average molecular weight is 491 g/mol. The van der Waals surface area contributed by atoms with Crippen LogP contribution < -0.4 is 24.2 Å². The first-order chi connectivity index (χ1) is 15.8. The predicted octanol–water partition coefficient (Wildman–Crippen LogP) is 4.81. The van der Waals surface area contributed by atoms with Gasteiger partial charge in [0.2, 0.25) is 0 Å². The van der Waals surface area contributed by atoms with Crippen LogP contribution in [0.5, 0.6) is 17.2 Å². The first kappa shape index (κ1) is 24.2. The summed E-state index contributed by atoms with van der Waals surface area (Å²) in [6, 6.07) is 15.2. The Morgan fingerprint density at radius 1 is 0.970 bits per heavy atom. The molecule has 0 aliphatic heterocycles. The van der Waals surface area contributed by atoms with E-state index in [4.69, 9.17) is 25.8 Å². The van der Waals surface area contributed by atoms with Crippen molar-refractivity contribution in [3.8, 4) is 17.2 Å². The number of hydrogen-bond acceptors (Lipinski definition) is 6. The van der Waals surface area contributed by atoms with E-state index < -0.39 is 15.9 Å². The van der Waals surface area contributed by atoms with Crippen molar-refractivity contribution >= 4 is 38.9 Å². The number of amides is 1. The number of carbonyl (C=O) groups excluding carboxylic acids is 1. The molecule has 0 radical (unpaired) electrons. The molecule has 1 amide bonds. The minimum atomic E-state index is -3.86. The highest BCUT2D eigenvalue weighted by Gasteiger charge is 2.17. The predicted molar refractivity (Wildman–Crippen MR) is 127 cm³/mol. The van der Waals surface area contributed by atoms with Crippen LogP contribution >= 0.6 is 11.6 Å². The zero-order valence-corrected chi connectivity index (χ0v) is 19.8. The van der Waals surface area contributed by atoms with Crippen LogP contribution in [0.25, 0.3) is 0 Å². The van der Waals surface area contributed by atoms with E-state index in [-0.39, 0.29) is 16.1 Å². The second-order valence-electron chi connectivity index (χ2n) is 6.73. The number of methoxy groups -OCH3 is 2. The molecule has 8 nitrogen and oxygen atoms in total. The summed E-state index contributed by atoms with van der Waals surface area (Å²) < 4.78 is 43.7. The molecule has 3 aromatic rings. The molecule has 10 heteroatoms. The molecule has 174 valence electrons. The number of rotatable bonds is 9. The SMILES string of the molecule is CCOc1ccc(S(=O)(=O)Nc2cccc(C(=O)Nc3cc(Cl)c(OC)cc3OC)c2)cc1. The van der Waals surface area contributed by atoms with E-state index in [9.17, 15) is 13.2 Å². The summed E-state index contributed by atoms with van der Waals surface area (Å²) in [7, 11) is -0.935. The molecule has 2 N–H and O–H groups in total. The van der Waals surface area contributed by atoms with Gasteiger partial charge in [-0.2, -0.15) is 0 Å². The number of nitrogens with one attached hydrogen (secondary N) is 2. The molecule has 3 rings (SSSR count). The Balaban J connectivity index is 1.79. The van der Waals surface area contributed by atoms with Crippen LogP contribution in [0.15, 0.2) is 65.6 Å². The number of sulfonamides is 1. The Hall–Kier alpha value is -3.43. The van der Waals surface area contributed by atoms with E-state index >= 15 is 0 Å². The summed E-state index contributed by atoms with van der Waals surface area (Å²) >= 11 is 6.15. The lowest BCUT2D eigenvalue weighted by Gasteiger charge is -2.14. The summed E-state index contributed by atoms with van der Waals surface area (Å²) in [4.78, 5) is 12.9. The second-order valence-corrected chi connectivity index (χ2v) is 8.82. The van der Waals surface area contributed by atoms with E-state index in [0.29, 0.717) is 34.6 Å². The molecular weight excluding hydrogens is 468 g/mol. The number of carbonyl (C=O) groups is 1. The van der Waals surface area contributed by atoms with Crippen molar-refractivity contribution in [3.05, 3.63) is 71.2 Å². The highest BCUT2D eigenvalue weighted by Crippen LogP contribution is 2.36. The van der Waals surface area contributed by atoms with Gasteiger partial charge < -0.3 is 19.5 Å². The van der Waals surface area contributed by atoms with Gasteiger partial charge >= 0.3 is 0 Å². The van der Waals surface area contributed by atoms with Crippen molar-refractivity contribution in [3.63, 3.8) is 0 Å². The minimum Gasteiger partial charge on any atom is -0.495 e. The topological polar surface area (TPSA) is 103 Å². The number of ether oxygens (including phenoxy) is 3. The molecule has 0 aromatic heterocycles. The van der Waals surface area contributed by atoms with Crippen molar-refractivity contribution in [2.24, 2.45) is 0 Å². The molecule has 0 aliphatic rings. The van der Waals surface area contributed by atoms with Crippen molar-refractivity contribution < 1.29 is 27.4 Å². The Labute approximate surface area is 197 Å². The summed E-state index contributed by atoms with van der Waals surface area (Å²) in [6.07, 6.45) is 0. The van der Waals surface area contributed by atoms with Gasteiger partial charge in [-0.15, -0.1) is 0 Å². The Bertz CT molecular complexity index is 1250. The van der Waals surface area contributed by atoms with Crippen LogP contribution in [0.1, 0.15) is 17.3 Å². The molecule has 0 atom stereocenters. The van der Waals surface area contributed by atoms with Gasteiger partial charge in [0.05, 0.1) is 36.4 Å². The standard InChI is InChI=1S/C23H23ClN2O6S/c1-4-32-17-8-10-18(11-9-17)33(28,29)26-16-7-5-6-15(12-16)23(27)25-20-13-19(24)21(30-2)14-22(20)31-3/h5-14,26H,4H2,1-3H3,(H,25,27). The van der Waals surface area contributed by atoms with Crippen molar-refractivity contribution in [1.29, 1.82) is 0 Å². The monoisotopic (exact) mass is 490 g/mol. The van der Waals surface area contributed by atoms with Gasteiger partial charge in [-0.05, 0) is 55.5 Å². The molecule has 33 heavy (non-hydrogen) atoms. The number of benzene rings is 3. The van der Waals surface area contributed by atoms with Crippen LogP contribution in [-0.2, 0) is 10.0 Å². The maximum atomic E-state index is 12.8. The fourth-order valence-electron chi connectivity index (χ4n) is 2.97. The largest absolute Gasteiger partial charge is 0.495 e. The lowest BCUT2D eigenvalue weighted by Crippen LogP contribution is -2.15. The van der Waals surface area contributed by atoms with Gasteiger partial charge in [0.1, 0.15) is 17.2 Å². The molecular formula is C23H23ClN2O6S. The van der Waals surface area contributed by atoms with Crippen LogP contribution in [0, 0.1) is 0 Å². The van der Waals surface area contributed by atoms with Gasteiger partial charge in [-0.25, -0.2) is 8.42 Å². The van der Waals surface area contributed by atoms with Crippen molar-refractivity contribution in [2.75, 3.05) is 30.9 Å². The van der Waals surface area contributed by atoms with Gasteiger partial charge in [0, 0.05) is 17.3 Å². The number of halogens is 1. The third-order valence-corrected chi connectivity index (χ3v) is 6.24. The minimum absolute atomic E-state index is 0.0680. The van der Waals surface area contributed by atoms with Crippen molar-refractivity contribution in [1.82, 2.24) is 0 Å². The normalized spacial score (nSPS) is 10.9. The lowest BCUT2D eigenvalue weighted by molar-refractivity contribution is 0.102. The molecule has 0 bridgehead atoms. The Morgan fingerprint density at radius 2 is 1.67 bits per heavy atom. The van der Waals surface area contributed by atoms with E-state index in [0.717, 1.165) is 0 Å². The fourth-order valence-corrected chi connectivity index (χ4v) is 4.26. The maximum Gasteiger partial charge on any atom is 0.261 e. The van der Waals surface area contributed by atoms with E-state index in [1.807, 2.05) is 6.92 Å². The number of hydrogen-bond donors (Lipinski definition) is 2. The zero-order valence-electron chi connectivity index (χ0n) is 18.2. The van der Waals surface area contributed by atoms with E-state index in [2.05, 4.69) is 10.0 Å². The number of anilines is 2. The summed E-state index contributed by atoms with van der Waals surface area (Å²) in [5.74, 6) is 0.856. The van der Waals surface area contributed by atoms with E-state index in [1.165, 1.54) is 38.5 Å². The quantitative estimate of drug-likeness (QED) is 0.446. The smallest absolute Gasteiger partial charge is 0.261 e. The van der Waals surface area contributed by atoms with Crippen LogP contribution in [0.3, 0.4) is 0 Å². The fraction of sp³-hybridized carbons (Fsp3) is 0.174. The molecule has 3 aromatic carbocycles. The van der Waals surface area contributed by atoms with Crippen molar-refractivity contribution in [2.45, 2.75) is 11.8 Å². The summed E-state index contributed by atoms with van der Waals surface area (Å²) in [6.45, 7) is 2.32. The van der Waals surface area contributed by atoms with E-state index in [1.54, 1.807) is 36.4 Å². The first-order valence-electron chi connectivity index (χ1n) is 9.86. The molecule has 0 saturated heterocycles. The maximum absolute atomic E-state index is 12.8. The van der Waals surface area contributed by atoms with Gasteiger partial charge in [-0.3, -0.25) is 9.52 Å². The second kappa shape index (κ2) is 10.5. The zero-order chi connectivity index (χ0) is 24.0. The van der Waals surface area contributed by atoms with Crippen LogP contribution in [0.4, 0.5) is 11.4 Å². The third-order valence-electron chi connectivity index (χ3n) is 4.54.